The Morgan fingerprint density at radius 2 is 1.76 bits per heavy atom. The van der Waals surface area contributed by atoms with Crippen molar-refractivity contribution in [1.29, 1.82) is 0 Å². The van der Waals surface area contributed by atoms with Crippen molar-refractivity contribution in [1.82, 2.24) is 19.9 Å². The van der Waals surface area contributed by atoms with E-state index in [9.17, 15) is 3.89 Å². The van der Waals surface area contributed by atoms with Crippen molar-refractivity contribution in [3.8, 4) is 11.3 Å². The van der Waals surface area contributed by atoms with Gasteiger partial charge < -0.3 is 10.6 Å². The maximum Gasteiger partial charge on any atom is 0.174 e. The molecule has 0 aliphatic heterocycles. The average molecular weight is 408 g/mol. The Kier molecular flexibility index (Phi) is 5.78. The lowest BCUT2D eigenvalue weighted by atomic mass is 10.1. The van der Waals surface area contributed by atoms with Gasteiger partial charge in [0.15, 0.2) is 5.65 Å². The molecule has 0 bridgehead atoms. The molecule has 0 atom stereocenters. The molecular weight excluding hydrogens is 385 g/mol. The molecule has 5 nitrogen and oxygen atoms in total. The molecule has 4 rings (SSSR count). The molecule has 2 N–H and O–H groups in total. The quantitative estimate of drug-likeness (QED) is 0.451. The lowest BCUT2D eigenvalue weighted by Gasteiger charge is -2.12. The zero-order valence-corrected chi connectivity index (χ0v) is 17.1. The minimum atomic E-state index is 0.163. The molecule has 0 saturated heterocycles. The van der Waals surface area contributed by atoms with E-state index in [4.69, 9.17) is 0 Å². The summed E-state index contributed by atoms with van der Waals surface area (Å²) < 4.78 is 15.0. The van der Waals surface area contributed by atoms with Crippen LogP contribution < -0.4 is 10.6 Å². The molecule has 0 radical (unpaired) electrons. The SMILES string of the molecule is CNCc1ccc(CNc2cc(-c3ccccc3C)nc3c(SF)cnn23)cc1. The second-order valence-corrected chi connectivity index (χ2v) is 7.46. The van der Waals surface area contributed by atoms with Crippen molar-refractivity contribution in [2.24, 2.45) is 0 Å². The van der Waals surface area contributed by atoms with E-state index in [1.165, 1.54) is 11.8 Å². The molecule has 0 aliphatic carbocycles. The van der Waals surface area contributed by atoms with E-state index in [0.717, 1.165) is 34.7 Å². The van der Waals surface area contributed by atoms with Gasteiger partial charge in [0.2, 0.25) is 0 Å². The van der Waals surface area contributed by atoms with Crippen molar-refractivity contribution < 1.29 is 3.89 Å². The van der Waals surface area contributed by atoms with E-state index in [-0.39, 0.29) is 12.1 Å². The van der Waals surface area contributed by atoms with Crippen LogP contribution in [0.4, 0.5) is 9.70 Å². The zero-order chi connectivity index (χ0) is 20.2. The first-order valence-electron chi connectivity index (χ1n) is 9.39. The van der Waals surface area contributed by atoms with Gasteiger partial charge in [0, 0.05) is 24.7 Å². The summed E-state index contributed by atoms with van der Waals surface area (Å²) in [6.07, 6.45) is 1.51. The summed E-state index contributed by atoms with van der Waals surface area (Å²) in [6, 6.07) is 18.4. The van der Waals surface area contributed by atoms with Gasteiger partial charge in [-0.05, 0) is 30.7 Å². The van der Waals surface area contributed by atoms with E-state index in [0.29, 0.717) is 17.1 Å². The van der Waals surface area contributed by atoms with Gasteiger partial charge in [-0.1, -0.05) is 48.5 Å². The molecule has 2 aromatic carbocycles. The van der Waals surface area contributed by atoms with Crippen molar-refractivity contribution in [2.75, 3.05) is 12.4 Å². The largest absolute Gasteiger partial charge is 0.366 e. The fourth-order valence-corrected chi connectivity index (χ4v) is 3.58. The summed E-state index contributed by atoms with van der Waals surface area (Å²) in [5.74, 6) is 0.771. The van der Waals surface area contributed by atoms with E-state index in [2.05, 4.69) is 45.0 Å². The van der Waals surface area contributed by atoms with Crippen LogP contribution in [0.15, 0.2) is 65.7 Å². The van der Waals surface area contributed by atoms with Gasteiger partial charge in [-0.15, -0.1) is 0 Å². The average Bonchev–Trinajstić information content (AvgIpc) is 3.17. The number of aryl methyl sites for hydroxylation is 1. The Morgan fingerprint density at radius 3 is 2.45 bits per heavy atom. The van der Waals surface area contributed by atoms with Gasteiger partial charge in [-0.2, -0.15) is 13.5 Å². The highest BCUT2D eigenvalue weighted by Crippen LogP contribution is 2.30. The Bertz CT molecular complexity index is 1120. The molecule has 29 heavy (non-hydrogen) atoms. The monoisotopic (exact) mass is 407 g/mol. The molecule has 0 amide bonds. The molecule has 2 heterocycles. The highest BCUT2D eigenvalue weighted by atomic mass is 32.2. The van der Waals surface area contributed by atoms with Crippen LogP contribution in [0.25, 0.3) is 16.9 Å². The number of nitrogens with one attached hydrogen (secondary N) is 2. The molecule has 0 aliphatic rings. The van der Waals surface area contributed by atoms with E-state index in [1.807, 2.05) is 44.3 Å². The minimum Gasteiger partial charge on any atom is -0.366 e. The number of hydrogen-bond donors (Lipinski definition) is 2. The van der Waals surface area contributed by atoms with Crippen molar-refractivity contribution >= 4 is 23.6 Å². The van der Waals surface area contributed by atoms with E-state index < -0.39 is 0 Å². The van der Waals surface area contributed by atoms with Crippen molar-refractivity contribution in [3.63, 3.8) is 0 Å². The molecule has 0 saturated carbocycles. The predicted octanol–water partition coefficient (Wildman–Crippen LogP) is 5.01. The molecule has 0 spiro atoms. The standard InChI is InChI=1S/C22H22FN5S/c1-15-5-3-4-6-18(15)19-11-21(28-22(27-19)20(29-23)14-26-28)25-13-17-9-7-16(8-10-17)12-24-2/h3-11,14,24-25H,12-13H2,1-2H3. The van der Waals surface area contributed by atoms with Crippen LogP contribution in [0.3, 0.4) is 0 Å². The Morgan fingerprint density at radius 1 is 1.03 bits per heavy atom. The summed E-state index contributed by atoms with van der Waals surface area (Å²) in [5, 5.41) is 10.9. The second-order valence-electron chi connectivity index (χ2n) is 6.86. The number of hydrogen-bond acceptors (Lipinski definition) is 5. The first-order valence-corrected chi connectivity index (χ1v) is 10.1. The lowest BCUT2D eigenvalue weighted by Crippen LogP contribution is -2.08. The highest BCUT2D eigenvalue weighted by molar-refractivity contribution is 7.94. The Balaban J connectivity index is 1.69. The van der Waals surface area contributed by atoms with Crippen LogP contribution >= 0.6 is 12.1 Å². The van der Waals surface area contributed by atoms with Gasteiger partial charge >= 0.3 is 0 Å². The number of fused-ring (bicyclic) bond motifs is 1. The predicted molar refractivity (Wildman–Crippen MR) is 117 cm³/mol. The summed E-state index contributed by atoms with van der Waals surface area (Å²) in [4.78, 5) is 5.08. The third-order valence-corrected chi connectivity index (χ3v) is 5.28. The van der Waals surface area contributed by atoms with Gasteiger partial charge in [0.1, 0.15) is 10.7 Å². The van der Waals surface area contributed by atoms with Crippen LogP contribution in [0.2, 0.25) is 0 Å². The number of anilines is 1. The summed E-state index contributed by atoms with van der Waals surface area (Å²) in [7, 11) is 1.93. The third kappa shape index (κ3) is 4.11. The topological polar surface area (TPSA) is 54.2 Å². The molecule has 7 heteroatoms. The first-order chi connectivity index (χ1) is 14.2. The summed E-state index contributed by atoms with van der Waals surface area (Å²) in [5.41, 5.74) is 5.82. The number of nitrogens with zero attached hydrogens (tertiary/aromatic N) is 3. The minimum absolute atomic E-state index is 0.163. The zero-order valence-electron chi connectivity index (χ0n) is 16.3. The molecule has 0 unspecified atom stereocenters. The number of halogens is 1. The lowest BCUT2D eigenvalue weighted by molar-refractivity contribution is 0.817. The van der Waals surface area contributed by atoms with Gasteiger partial charge in [0.25, 0.3) is 0 Å². The Hall–Kier alpha value is -2.90. The first kappa shape index (κ1) is 19.4. The van der Waals surface area contributed by atoms with Crippen LogP contribution in [0, 0.1) is 6.92 Å². The molecule has 2 aromatic heterocycles. The van der Waals surface area contributed by atoms with Gasteiger partial charge in [0.05, 0.1) is 24.0 Å². The molecule has 148 valence electrons. The van der Waals surface area contributed by atoms with Crippen molar-refractivity contribution in [2.45, 2.75) is 24.9 Å². The van der Waals surface area contributed by atoms with Gasteiger partial charge in [-0.3, -0.25) is 0 Å². The number of aromatic nitrogens is 3. The summed E-state index contributed by atoms with van der Waals surface area (Å²) in [6.45, 7) is 3.52. The van der Waals surface area contributed by atoms with Crippen LogP contribution in [-0.2, 0) is 13.1 Å². The second kappa shape index (κ2) is 8.63. The van der Waals surface area contributed by atoms with Crippen LogP contribution in [0.5, 0.6) is 0 Å². The van der Waals surface area contributed by atoms with E-state index in [1.54, 1.807) is 4.52 Å². The van der Waals surface area contributed by atoms with E-state index >= 15 is 0 Å². The van der Waals surface area contributed by atoms with Gasteiger partial charge in [-0.25, -0.2) is 4.98 Å². The molecular formula is C22H22FN5S. The fraction of sp³-hybridized carbons (Fsp3) is 0.182. The summed E-state index contributed by atoms with van der Waals surface area (Å²) >= 11 is 0.163. The van der Waals surface area contributed by atoms with Crippen LogP contribution in [0.1, 0.15) is 16.7 Å². The smallest absolute Gasteiger partial charge is 0.174 e. The maximum atomic E-state index is 13.4. The number of rotatable bonds is 7. The van der Waals surface area contributed by atoms with Crippen molar-refractivity contribution in [3.05, 3.63) is 77.5 Å². The Labute approximate surface area is 173 Å². The van der Waals surface area contributed by atoms with Crippen LogP contribution in [-0.4, -0.2) is 21.6 Å². The normalized spacial score (nSPS) is 11.1. The highest BCUT2D eigenvalue weighted by Gasteiger charge is 2.14. The molecule has 0 fully saturated rings. The fourth-order valence-electron chi connectivity index (χ4n) is 3.29. The molecule has 4 aromatic rings. The number of benzene rings is 2. The third-order valence-electron chi connectivity index (χ3n) is 4.82. The maximum absolute atomic E-state index is 13.4.